The highest BCUT2D eigenvalue weighted by Crippen LogP contribution is 2.19. The van der Waals surface area contributed by atoms with Crippen LogP contribution in [-0.4, -0.2) is 22.0 Å². The molecule has 0 aliphatic rings. The van der Waals surface area contributed by atoms with E-state index in [1.54, 1.807) is 0 Å². The molecular formula is C13H22N2S2. The maximum atomic E-state index is 5.69. The minimum absolute atomic E-state index is 0.453. The Balaban J connectivity index is 2.72. The van der Waals surface area contributed by atoms with Crippen molar-refractivity contribution in [2.75, 3.05) is 0 Å². The maximum Gasteiger partial charge on any atom is 0.0743 e. The highest BCUT2D eigenvalue weighted by Gasteiger charge is 2.20. The van der Waals surface area contributed by atoms with Gasteiger partial charge in [-0.1, -0.05) is 25.2 Å². The van der Waals surface area contributed by atoms with E-state index in [4.69, 9.17) is 18.0 Å². The number of hydrogen-bond donors (Lipinski definition) is 1. The molecule has 0 aliphatic carbocycles. The van der Waals surface area contributed by atoms with Crippen molar-refractivity contribution in [3.05, 3.63) is 22.4 Å². The Morgan fingerprint density at radius 2 is 2.24 bits per heavy atom. The van der Waals surface area contributed by atoms with Crippen molar-refractivity contribution in [3.8, 4) is 0 Å². The molecule has 0 amide bonds. The minimum atomic E-state index is 0.453. The summed E-state index contributed by atoms with van der Waals surface area (Å²) in [5.41, 5.74) is 5.69. The molecule has 2 N–H and O–H groups in total. The van der Waals surface area contributed by atoms with Crippen molar-refractivity contribution >= 4 is 28.5 Å². The fraction of sp³-hybridized carbons (Fsp3) is 0.615. The number of thiocarbonyl (C=S) groups is 1. The number of hydrogen-bond acceptors (Lipinski definition) is 3. The van der Waals surface area contributed by atoms with Gasteiger partial charge in [-0.25, -0.2) is 0 Å². The van der Waals surface area contributed by atoms with Crippen molar-refractivity contribution in [1.29, 1.82) is 0 Å². The highest BCUT2D eigenvalue weighted by atomic mass is 32.1. The van der Waals surface area contributed by atoms with Gasteiger partial charge in [0.05, 0.1) is 4.99 Å². The first-order valence-corrected chi connectivity index (χ1v) is 7.39. The zero-order valence-corrected chi connectivity index (χ0v) is 12.5. The molecule has 96 valence electrons. The molecule has 17 heavy (non-hydrogen) atoms. The van der Waals surface area contributed by atoms with Crippen LogP contribution in [0.1, 0.15) is 38.5 Å². The van der Waals surface area contributed by atoms with Gasteiger partial charge in [-0.3, -0.25) is 4.90 Å². The lowest BCUT2D eigenvalue weighted by Gasteiger charge is -2.34. The maximum absolute atomic E-state index is 5.69. The summed E-state index contributed by atoms with van der Waals surface area (Å²) in [6.45, 7) is 7.66. The molecule has 0 aromatic carbocycles. The number of thiophene rings is 1. The van der Waals surface area contributed by atoms with Crippen molar-refractivity contribution in [3.63, 3.8) is 0 Å². The summed E-state index contributed by atoms with van der Waals surface area (Å²) in [4.78, 5) is 4.51. The van der Waals surface area contributed by atoms with Gasteiger partial charge in [-0.05, 0) is 31.7 Å². The van der Waals surface area contributed by atoms with E-state index in [1.165, 1.54) is 4.88 Å². The third-order valence-corrected chi connectivity index (χ3v) is 3.99. The zero-order chi connectivity index (χ0) is 12.8. The molecule has 0 aliphatic heterocycles. The quantitative estimate of drug-likeness (QED) is 0.770. The molecule has 4 heteroatoms. The molecule has 0 saturated heterocycles. The average molecular weight is 270 g/mol. The second kappa shape index (κ2) is 7.09. The van der Waals surface area contributed by atoms with Gasteiger partial charge in [0.15, 0.2) is 0 Å². The fourth-order valence-corrected chi connectivity index (χ4v) is 2.95. The second-order valence-electron chi connectivity index (χ2n) is 4.58. The summed E-state index contributed by atoms with van der Waals surface area (Å²) in [5.74, 6) is 0. The Labute approximate surface area is 114 Å². The molecule has 1 atom stereocenters. The first-order chi connectivity index (χ1) is 8.04. The average Bonchev–Trinajstić information content (AvgIpc) is 2.75. The van der Waals surface area contributed by atoms with Crippen molar-refractivity contribution in [2.24, 2.45) is 5.73 Å². The van der Waals surface area contributed by atoms with E-state index in [9.17, 15) is 0 Å². The SMILES string of the molecule is CCC(CC(N)=S)N(Cc1cccs1)C(C)C. The number of rotatable bonds is 7. The summed E-state index contributed by atoms with van der Waals surface area (Å²) in [6, 6.07) is 5.26. The minimum Gasteiger partial charge on any atom is -0.393 e. The van der Waals surface area contributed by atoms with Crippen LogP contribution in [0.2, 0.25) is 0 Å². The molecule has 2 nitrogen and oxygen atoms in total. The van der Waals surface area contributed by atoms with E-state index in [1.807, 2.05) is 11.3 Å². The fourth-order valence-electron chi connectivity index (χ4n) is 2.04. The van der Waals surface area contributed by atoms with Gasteiger partial charge in [-0.15, -0.1) is 11.3 Å². The van der Waals surface area contributed by atoms with E-state index in [0.717, 1.165) is 19.4 Å². The topological polar surface area (TPSA) is 29.3 Å². The molecule has 0 spiro atoms. The van der Waals surface area contributed by atoms with Gasteiger partial charge in [0.25, 0.3) is 0 Å². The molecule has 1 unspecified atom stereocenters. The normalized spacial score (nSPS) is 13.2. The van der Waals surface area contributed by atoms with Crippen molar-refractivity contribution < 1.29 is 0 Å². The third kappa shape index (κ3) is 4.74. The second-order valence-corrected chi connectivity index (χ2v) is 6.13. The molecule has 1 heterocycles. The Bertz CT molecular complexity index is 333. The van der Waals surface area contributed by atoms with E-state index >= 15 is 0 Å². The van der Waals surface area contributed by atoms with E-state index in [-0.39, 0.29) is 0 Å². The summed E-state index contributed by atoms with van der Waals surface area (Å²) < 4.78 is 0. The summed E-state index contributed by atoms with van der Waals surface area (Å²) in [5, 5.41) is 2.13. The van der Waals surface area contributed by atoms with Crippen LogP contribution in [-0.2, 0) is 6.54 Å². The lowest BCUT2D eigenvalue weighted by Crippen LogP contribution is -2.41. The van der Waals surface area contributed by atoms with Crippen molar-refractivity contribution in [1.82, 2.24) is 4.90 Å². The lowest BCUT2D eigenvalue weighted by molar-refractivity contribution is 0.145. The molecule has 1 aromatic heterocycles. The number of nitrogens with zero attached hydrogens (tertiary/aromatic N) is 1. The molecule has 0 saturated carbocycles. The highest BCUT2D eigenvalue weighted by molar-refractivity contribution is 7.80. The third-order valence-electron chi connectivity index (χ3n) is 2.96. The van der Waals surface area contributed by atoms with E-state index in [2.05, 4.69) is 43.2 Å². The first kappa shape index (κ1) is 14.6. The molecule has 1 aromatic rings. The standard InChI is InChI=1S/C13H22N2S2/c1-4-11(8-13(14)16)15(10(2)3)9-12-6-5-7-17-12/h5-7,10-11H,4,8-9H2,1-3H3,(H2,14,16). The van der Waals surface area contributed by atoms with Crippen molar-refractivity contribution in [2.45, 2.75) is 52.2 Å². The van der Waals surface area contributed by atoms with Crippen LogP contribution >= 0.6 is 23.6 Å². The lowest BCUT2D eigenvalue weighted by atomic mass is 10.1. The summed E-state index contributed by atoms with van der Waals surface area (Å²) >= 11 is 6.86. The largest absolute Gasteiger partial charge is 0.393 e. The van der Waals surface area contributed by atoms with Gasteiger partial charge in [-0.2, -0.15) is 0 Å². The van der Waals surface area contributed by atoms with Crippen LogP contribution in [0.3, 0.4) is 0 Å². The Kier molecular flexibility index (Phi) is 6.09. The molecular weight excluding hydrogens is 248 g/mol. The van der Waals surface area contributed by atoms with Gasteiger partial charge in [0, 0.05) is 29.9 Å². The van der Waals surface area contributed by atoms with Crippen LogP contribution in [0.15, 0.2) is 17.5 Å². The predicted octanol–water partition coefficient (Wildman–Crippen LogP) is 3.41. The summed E-state index contributed by atoms with van der Waals surface area (Å²) in [7, 11) is 0. The van der Waals surface area contributed by atoms with Gasteiger partial charge < -0.3 is 5.73 Å². The predicted molar refractivity (Wildman–Crippen MR) is 80.5 cm³/mol. The molecule has 1 rings (SSSR count). The monoisotopic (exact) mass is 270 g/mol. The van der Waals surface area contributed by atoms with Crippen LogP contribution in [0.4, 0.5) is 0 Å². The summed E-state index contributed by atoms with van der Waals surface area (Å²) in [6.07, 6.45) is 1.90. The van der Waals surface area contributed by atoms with Crippen LogP contribution in [0.25, 0.3) is 0 Å². The van der Waals surface area contributed by atoms with Crippen LogP contribution in [0.5, 0.6) is 0 Å². The smallest absolute Gasteiger partial charge is 0.0743 e. The number of nitrogens with two attached hydrogens (primary N) is 1. The van der Waals surface area contributed by atoms with Gasteiger partial charge >= 0.3 is 0 Å². The Morgan fingerprint density at radius 3 is 2.65 bits per heavy atom. The molecule has 0 bridgehead atoms. The Morgan fingerprint density at radius 1 is 1.53 bits per heavy atom. The van der Waals surface area contributed by atoms with Crippen LogP contribution < -0.4 is 5.73 Å². The first-order valence-electron chi connectivity index (χ1n) is 6.11. The van der Waals surface area contributed by atoms with Gasteiger partial charge in [0.1, 0.15) is 0 Å². The zero-order valence-electron chi connectivity index (χ0n) is 10.8. The van der Waals surface area contributed by atoms with E-state index < -0.39 is 0 Å². The van der Waals surface area contributed by atoms with Crippen LogP contribution in [0, 0.1) is 0 Å². The van der Waals surface area contributed by atoms with E-state index in [0.29, 0.717) is 17.1 Å². The molecule has 0 radical (unpaired) electrons. The van der Waals surface area contributed by atoms with Gasteiger partial charge in [0.2, 0.25) is 0 Å². The Hall–Kier alpha value is -0.450. The molecule has 0 fully saturated rings.